The second-order valence-corrected chi connectivity index (χ2v) is 5.80. The Hall–Kier alpha value is 0.270. The van der Waals surface area contributed by atoms with E-state index in [1.54, 1.807) is 0 Å². The molecule has 2 aliphatic heterocycles. The smallest absolute Gasteiger partial charge is 0.0517 e. The summed E-state index contributed by atoms with van der Waals surface area (Å²) in [7, 11) is 0. The molecule has 0 aromatic heterocycles. The number of likely N-dealkylation sites (tertiary alicyclic amines) is 1. The van der Waals surface area contributed by atoms with Gasteiger partial charge in [0.15, 0.2) is 0 Å². The molecule has 2 fully saturated rings. The van der Waals surface area contributed by atoms with E-state index in [0.717, 1.165) is 18.6 Å². The summed E-state index contributed by atoms with van der Waals surface area (Å²) in [6.45, 7) is 5.53. The van der Waals surface area contributed by atoms with Gasteiger partial charge in [-0.2, -0.15) is 11.8 Å². The fraction of sp³-hybridized carbons (Fsp3) is 1.00. The second kappa shape index (κ2) is 4.03. The van der Waals surface area contributed by atoms with Crippen LogP contribution < -0.4 is 5.73 Å². The molecule has 0 bridgehead atoms. The topological polar surface area (TPSA) is 29.3 Å². The Balaban J connectivity index is 2.13. The molecule has 0 saturated carbocycles. The number of thioether (sulfide) groups is 1. The van der Waals surface area contributed by atoms with Crippen LogP contribution in [0.15, 0.2) is 0 Å². The van der Waals surface area contributed by atoms with Crippen LogP contribution in [0.25, 0.3) is 0 Å². The van der Waals surface area contributed by atoms with Gasteiger partial charge in [0.2, 0.25) is 0 Å². The molecule has 82 valence electrons. The van der Waals surface area contributed by atoms with Gasteiger partial charge in [0, 0.05) is 30.1 Å². The van der Waals surface area contributed by atoms with Crippen molar-refractivity contribution in [1.29, 1.82) is 0 Å². The lowest BCUT2D eigenvalue weighted by molar-refractivity contribution is 0.0725. The third-order valence-corrected chi connectivity index (χ3v) is 5.41. The maximum absolute atomic E-state index is 5.97. The van der Waals surface area contributed by atoms with Gasteiger partial charge in [-0.3, -0.25) is 4.90 Å². The molecule has 2 rings (SSSR count). The van der Waals surface area contributed by atoms with Crippen molar-refractivity contribution in [3.8, 4) is 0 Å². The van der Waals surface area contributed by atoms with Gasteiger partial charge < -0.3 is 5.73 Å². The van der Waals surface area contributed by atoms with Gasteiger partial charge in [0.05, 0.1) is 5.54 Å². The highest BCUT2D eigenvalue weighted by atomic mass is 32.2. The zero-order valence-corrected chi connectivity index (χ0v) is 10.1. The zero-order chi connectivity index (χ0) is 10.2. The van der Waals surface area contributed by atoms with E-state index in [-0.39, 0.29) is 0 Å². The Kier molecular flexibility index (Phi) is 3.10. The Morgan fingerprint density at radius 3 is 2.57 bits per heavy atom. The first-order valence-electron chi connectivity index (χ1n) is 5.80. The Morgan fingerprint density at radius 1 is 1.43 bits per heavy atom. The standard InChI is InChI=1S/C11H22N2S/c1-3-10-5-4-9(2)13(10)11(6-12)7-14-8-11/h9-10H,3-8,12H2,1-2H3. The van der Waals surface area contributed by atoms with Crippen molar-refractivity contribution in [2.45, 2.75) is 50.7 Å². The zero-order valence-electron chi connectivity index (χ0n) is 9.33. The van der Waals surface area contributed by atoms with Crippen molar-refractivity contribution in [1.82, 2.24) is 4.90 Å². The third-order valence-electron chi connectivity index (χ3n) is 3.93. The van der Waals surface area contributed by atoms with Crippen LogP contribution in [-0.2, 0) is 0 Å². The van der Waals surface area contributed by atoms with E-state index in [0.29, 0.717) is 5.54 Å². The summed E-state index contributed by atoms with van der Waals surface area (Å²) in [4.78, 5) is 2.74. The van der Waals surface area contributed by atoms with Gasteiger partial charge in [0.25, 0.3) is 0 Å². The monoisotopic (exact) mass is 214 g/mol. The van der Waals surface area contributed by atoms with Gasteiger partial charge in [-0.15, -0.1) is 0 Å². The highest BCUT2D eigenvalue weighted by Gasteiger charge is 2.48. The third kappa shape index (κ3) is 1.50. The molecule has 14 heavy (non-hydrogen) atoms. The van der Waals surface area contributed by atoms with Crippen LogP contribution >= 0.6 is 11.8 Å². The normalized spacial score (nSPS) is 37.1. The molecule has 0 aliphatic carbocycles. The molecule has 2 N–H and O–H groups in total. The molecule has 0 spiro atoms. The molecular weight excluding hydrogens is 192 g/mol. The first-order chi connectivity index (χ1) is 6.73. The average Bonchev–Trinajstić information content (AvgIpc) is 2.48. The van der Waals surface area contributed by atoms with E-state index >= 15 is 0 Å². The number of nitrogens with zero attached hydrogens (tertiary/aromatic N) is 1. The largest absolute Gasteiger partial charge is 0.329 e. The van der Waals surface area contributed by atoms with Crippen LogP contribution in [0.1, 0.15) is 33.1 Å². The van der Waals surface area contributed by atoms with Crippen LogP contribution in [-0.4, -0.2) is 40.6 Å². The molecular formula is C11H22N2S. The maximum Gasteiger partial charge on any atom is 0.0517 e. The first kappa shape index (κ1) is 10.8. The Morgan fingerprint density at radius 2 is 2.14 bits per heavy atom. The molecule has 0 aromatic carbocycles. The van der Waals surface area contributed by atoms with E-state index in [1.165, 1.54) is 30.8 Å². The van der Waals surface area contributed by atoms with Crippen LogP contribution in [0.5, 0.6) is 0 Å². The summed E-state index contributed by atoms with van der Waals surface area (Å²) < 4.78 is 0. The van der Waals surface area contributed by atoms with Gasteiger partial charge in [0.1, 0.15) is 0 Å². The Bertz CT molecular complexity index is 198. The van der Waals surface area contributed by atoms with Crippen LogP contribution in [0.3, 0.4) is 0 Å². The number of nitrogens with two attached hydrogens (primary N) is 1. The molecule has 2 atom stereocenters. The van der Waals surface area contributed by atoms with Crippen molar-refractivity contribution in [2.24, 2.45) is 5.73 Å². The molecule has 2 nitrogen and oxygen atoms in total. The molecule has 2 heterocycles. The van der Waals surface area contributed by atoms with Crippen LogP contribution in [0, 0.1) is 0 Å². The lowest BCUT2D eigenvalue weighted by Crippen LogP contribution is -2.65. The molecule has 2 saturated heterocycles. The summed E-state index contributed by atoms with van der Waals surface area (Å²) in [5.74, 6) is 2.51. The van der Waals surface area contributed by atoms with Crippen molar-refractivity contribution in [3.63, 3.8) is 0 Å². The van der Waals surface area contributed by atoms with Crippen LogP contribution in [0.4, 0.5) is 0 Å². The molecule has 3 heteroatoms. The van der Waals surface area contributed by atoms with E-state index < -0.39 is 0 Å². The summed E-state index contributed by atoms with van der Waals surface area (Å²) >= 11 is 2.05. The van der Waals surface area contributed by atoms with Crippen molar-refractivity contribution in [3.05, 3.63) is 0 Å². The molecule has 0 radical (unpaired) electrons. The fourth-order valence-electron chi connectivity index (χ4n) is 3.04. The van der Waals surface area contributed by atoms with E-state index in [4.69, 9.17) is 5.73 Å². The predicted molar refractivity (Wildman–Crippen MR) is 63.7 cm³/mol. The average molecular weight is 214 g/mol. The summed E-state index contributed by atoms with van der Waals surface area (Å²) in [5, 5.41) is 0. The minimum atomic E-state index is 0.362. The molecule has 0 amide bonds. The van der Waals surface area contributed by atoms with Gasteiger partial charge in [-0.05, 0) is 26.2 Å². The predicted octanol–water partition coefficient (Wildman–Crippen LogP) is 1.69. The van der Waals surface area contributed by atoms with Crippen molar-refractivity contribution < 1.29 is 0 Å². The van der Waals surface area contributed by atoms with Crippen molar-refractivity contribution >= 4 is 11.8 Å². The quantitative estimate of drug-likeness (QED) is 0.775. The van der Waals surface area contributed by atoms with Gasteiger partial charge >= 0.3 is 0 Å². The summed E-state index contributed by atoms with van der Waals surface area (Å²) in [6.07, 6.45) is 4.03. The molecule has 0 aromatic rings. The fourth-order valence-corrected chi connectivity index (χ4v) is 4.25. The van der Waals surface area contributed by atoms with Crippen molar-refractivity contribution in [2.75, 3.05) is 18.1 Å². The Labute approximate surface area is 91.6 Å². The molecule has 2 aliphatic rings. The summed E-state index contributed by atoms with van der Waals surface area (Å²) in [6, 6.07) is 1.55. The lowest BCUT2D eigenvalue weighted by atomic mass is 9.98. The number of hydrogen-bond acceptors (Lipinski definition) is 3. The molecule has 2 unspecified atom stereocenters. The van der Waals surface area contributed by atoms with Crippen LogP contribution in [0.2, 0.25) is 0 Å². The van der Waals surface area contributed by atoms with Gasteiger partial charge in [-0.25, -0.2) is 0 Å². The van der Waals surface area contributed by atoms with E-state index in [2.05, 4.69) is 18.7 Å². The highest BCUT2D eigenvalue weighted by molar-refractivity contribution is 8.00. The summed E-state index contributed by atoms with van der Waals surface area (Å²) in [5.41, 5.74) is 6.34. The highest BCUT2D eigenvalue weighted by Crippen LogP contribution is 2.42. The maximum atomic E-state index is 5.97. The second-order valence-electron chi connectivity index (χ2n) is 4.82. The SMILES string of the molecule is CCC1CCC(C)N1C1(CN)CSC1. The minimum Gasteiger partial charge on any atom is -0.329 e. The number of rotatable bonds is 3. The van der Waals surface area contributed by atoms with E-state index in [1.807, 2.05) is 11.8 Å². The van der Waals surface area contributed by atoms with E-state index in [9.17, 15) is 0 Å². The minimum absolute atomic E-state index is 0.362. The lowest BCUT2D eigenvalue weighted by Gasteiger charge is -2.52. The first-order valence-corrected chi connectivity index (χ1v) is 6.95. The van der Waals surface area contributed by atoms with Gasteiger partial charge in [-0.1, -0.05) is 6.92 Å². The number of hydrogen-bond donors (Lipinski definition) is 1.